The molecule has 0 radical (unpaired) electrons. The van der Waals surface area contributed by atoms with Crippen LogP contribution in [0.3, 0.4) is 0 Å². The first-order valence-corrected chi connectivity index (χ1v) is 10.6. The first kappa shape index (κ1) is 27.5. The first-order chi connectivity index (χ1) is 15.8. The molecule has 1 amide bonds. The number of rotatable bonds is 11. The maximum atomic E-state index is 13.3. The summed E-state index contributed by atoms with van der Waals surface area (Å²) in [6.45, 7) is -2.53. The number of alkyl halides is 6. The second kappa shape index (κ2) is 12.1. The van der Waals surface area contributed by atoms with Gasteiger partial charge in [0.05, 0.1) is 5.56 Å². The van der Waals surface area contributed by atoms with Crippen LogP contribution in [-0.2, 0) is 4.79 Å². The number of aliphatic carboxylic acids is 1. The summed E-state index contributed by atoms with van der Waals surface area (Å²) in [5.41, 5.74) is -0.407. The van der Waals surface area contributed by atoms with E-state index < -0.39 is 48.8 Å². The van der Waals surface area contributed by atoms with Gasteiger partial charge in [-0.1, -0.05) is 6.42 Å². The van der Waals surface area contributed by atoms with Crippen molar-refractivity contribution < 1.29 is 50.5 Å². The minimum absolute atomic E-state index is 0.0182. The number of carbonyl (C=O) groups excluding carboxylic acids is 1. The van der Waals surface area contributed by atoms with Gasteiger partial charge in [0.2, 0.25) is 0 Å². The SMILES string of the molecule is O=C(O)CCCN(CC1CCCCN1)C(=O)c1cc(OCC(F)(F)F)ccc1OCC(F)(F)F. The van der Waals surface area contributed by atoms with Crippen LogP contribution in [0.1, 0.15) is 42.5 Å². The maximum absolute atomic E-state index is 13.3. The third-order valence-electron chi connectivity index (χ3n) is 4.93. The molecule has 2 rings (SSSR count). The molecule has 1 saturated heterocycles. The molecule has 13 heteroatoms. The highest BCUT2D eigenvalue weighted by atomic mass is 19.4. The van der Waals surface area contributed by atoms with Gasteiger partial charge < -0.3 is 24.8 Å². The number of benzene rings is 1. The van der Waals surface area contributed by atoms with Crippen molar-refractivity contribution in [2.75, 3.05) is 32.8 Å². The van der Waals surface area contributed by atoms with Gasteiger partial charge in [-0.15, -0.1) is 0 Å². The number of carboxylic acids is 1. The summed E-state index contributed by atoms with van der Waals surface area (Å²) >= 11 is 0. The molecule has 1 fully saturated rings. The number of piperidine rings is 1. The zero-order valence-corrected chi connectivity index (χ0v) is 18.2. The lowest BCUT2D eigenvalue weighted by atomic mass is 10.0. The molecule has 1 aromatic rings. The van der Waals surface area contributed by atoms with Crippen molar-refractivity contribution in [3.05, 3.63) is 23.8 Å². The highest BCUT2D eigenvalue weighted by molar-refractivity contribution is 5.97. The monoisotopic (exact) mass is 500 g/mol. The van der Waals surface area contributed by atoms with Crippen molar-refractivity contribution in [1.29, 1.82) is 0 Å². The lowest BCUT2D eigenvalue weighted by molar-refractivity contribution is -0.154. The smallest absolute Gasteiger partial charge is 0.422 e. The molecule has 1 heterocycles. The predicted octanol–water partition coefficient (Wildman–Crippen LogP) is 4.02. The second-order valence-corrected chi connectivity index (χ2v) is 7.86. The fourth-order valence-electron chi connectivity index (χ4n) is 3.43. The van der Waals surface area contributed by atoms with Crippen molar-refractivity contribution in [1.82, 2.24) is 10.2 Å². The molecule has 7 nitrogen and oxygen atoms in total. The molecule has 0 aromatic heterocycles. The normalized spacial score (nSPS) is 16.7. The second-order valence-electron chi connectivity index (χ2n) is 7.86. The van der Waals surface area contributed by atoms with E-state index in [0.29, 0.717) is 6.54 Å². The van der Waals surface area contributed by atoms with Crippen LogP contribution in [0.25, 0.3) is 0 Å². The van der Waals surface area contributed by atoms with Crippen molar-refractivity contribution in [3.8, 4) is 11.5 Å². The van der Waals surface area contributed by atoms with E-state index in [1.165, 1.54) is 4.90 Å². The van der Waals surface area contributed by atoms with Gasteiger partial charge in [-0.25, -0.2) is 0 Å². The lowest BCUT2D eigenvalue weighted by Gasteiger charge is -2.31. The van der Waals surface area contributed by atoms with Crippen LogP contribution in [0.2, 0.25) is 0 Å². The van der Waals surface area contributed by atoms with E-state index in [1.807, 2.05) is 0 Å². The number of hydrogen-bond donors (Lipinski definition) is 2. The predicted molar refractivity (Wildman–Crippen MR) is 108 cm³/mol. The van der Waals surface area contributed by atoms with E-state index in [-0.39, 0.29) is 37.7 Å². The molecule has 0 aliphatic carbocycles. The summed E-state index contributed by atoms with van der Waals surface area (Å²) in [4.78, 5) is 25.5. The molecule has 1 aromatic carbocycles. The van der Waals surface area contributed by atoms with Crippen molar-refractivity contribution in [3.63, 3.8) is 0 Å². The Labute approximate surface area is 192 Å². The highest BCUT2D eigenvalue weighted by Crippen LogP contribution is 2.29. The van der Waals surface area contributed by atoms with Gasteiger partial charge in [0.25, 0.3) is 5.91 Å². The Kier molecular flexibility index (Phi) is 9.83. The van der Waals surface area contributed by atoms with Gasteiger partial charge in [0.15, 0.2) is 13.2 Å². The number of nitrogens with zero attached hydrogens (tertiary/aromatic N) is 1. The topological polar surface area (TPSA) is 88.1 Å². The number of hydrogen-bond acceptors (Lipinski definition) is 5. The van der Waals surface area contributed by atoms with Gasteiger partial charge >= 0.3 is 18.3 Å². The largest absolute Gasteiger partial charge is 0.484 e. The molecule has 1 aliphatic rings. The summed E-state index contributed by atoms with van der Waals surface area (Å²) in [7, 11) is 0. The Bertz CT molecular complexity index is 825. The summed E-state index contributed by atoms with van der Waals surface area (Å²) < 4.78 is 85.0. The molecular formula is C21H26F6N2O5. The highest BCUT2D eigenvalue weighted by Gasteiger charge is 2.31. The van der Waals surface area contributed by atoms with Crippen LogP contribution in [0.15, 0.2) is 18.2 Å². The molecule has 0 bridgehead atoms. The van der Waals surface area contributed by atoms with Crippen LogP contribution in [0, 0.1) is 0 Å². The Morgan fingerprint density at radius 1 is 1.06 bits per heavy atom. The van der Waals surface area contributed by atoms with Crippen molar-refractivity contribution >= 4 is 11.9 Å². The van der Waals surface area contributed by atoms with Gasteiger partial charge in [0, 0.05) is 25.6 Å². The fraction of sp³-hybridized carbons (Fsp3) is 0.619. The third kappa shape index (κ3) is 10.1. The maximum Gasteiger partial charge on any atom is 0.422 e. The number of amides is 1. The van der Waals surface area contributed by atoms with E-state index in [4.69, 9.17) is 9.84 Å². The summed E-state index contributed by atoms with van der Waals surface area (Å²) in [6.07, 6.45) is -6.96. The quantitative estimate of drug-likeness (QED) is 0.447. The van der Waals surface area contributed by atoms with E-state index in [2.05, 4.69) is 10.1 Å². The van der Waals surface area contributed by atoms with Gasteiger partial charge in [-0.05, 0) is 44.0 Å². The third-order valence-corrected chi connectivity index (χ3v) is 4.93. The molecule has 1 aliphatic heterocycles. The summed E-state index contributed by atoms with van der Waals surface area (Å²) in [5, 5.41) is 12.1. The van der Waals surface area contributed by atoms with Crippen LogP contribution in [0.4, 0.5) is 26.3 Å². The molecular weight excluding hydrogens is 474 g/mol. The van der Waals surface area contributed by atoms with Crippen LogP contribution in [0.5, 0.6) is 11.5 Å². The van der Waals surface area contributed by atoms with Gasteiger partial charge in [-0.2, -0.15) is 26.3 Å². The van der Waals surface area contributed by atoms with Crippen molar-refractivity contribution in [2.24, 2.45) is 0 Å². The van der Waals surface area contributed by atoms with E-state index >= 15 is 0 Å². The zero-order chi connectivity index (χ0) is 25.4. The lowest BCUT2D eigenvalue weighted by Crippen LogP contribution is -2.46. The average molecular weight is 500 g/mol. The molecule has 2 N–H and O–H groups in total. The van der Waals surface area contributed by atoms with E-state index in [1.54, 1.807) is 0 Å². The summed E-state index contributed by atoms with van der Waals surface area (Å²) in [6, 6.07) is 2.70. The molecule has 0 saturated carbocycles. The number of carboxylic acid groups (broad SMARTS) is 1. The van der Waals surface area contributed by atoms with Crippen LogP contribution in [-0.4, -0.2) is 73.1 Å². The zero-order valence-electron chi connectivity index (χ0n) is 18.2. The van der Waals surface area contributed by atoms with Gasteiger partial charge in [0.1, 0.15) is 11.5 Å². The average Bonchev–Trinajstić information content (AvgIpc) is 2.75. The van der Waals surface area contributed by atoms with Crippen LogP contribution < -0.4 is 14.8 Å². The minimum Gasteiger partial charge on any atom is -0.484 e. The molecule has 0 spiro atoms. The minimum atomic E-state index is -4.71. The molecule has 34 heavy (non-hydrogen) atoms. The van der Waals surface area contributed by atoms with Gasteiger partial charge in [-0.3, -0.25) is 9.59 Å². The van der Waals surface area contributed by atoms with E-state index in [0.717, 1.165) is 37.5 Å². The molecule has 192 valence electrons. The Morgan fingerprint density at radius 2 is 1.74 bits per heavy atom. The van der Waals surface area contributed by atoms with Crippen LogP contribution >= 0.6 is 0 Å². The standard InChI is InChI=1S/C21H26F6N2O5/c22-20(23,24)12-33-15-6-7-17(34-13-21(25,26)27)16(10-15)19(32)29(9-3-5-18(30)31)11-14-4-1-2-8-28-14/h6-7,10,14,28H,1-5,8-9,11-13H2,(H,30,31). The number of halogens is 6. The number of carbonyl (C=O) groups is 2. The summed E-state index contributed by atoms with van der Waals surface area (Å²) in [5.74, 6) is -2.73. The van der Waals surface area contributed by atoms with Crippen molar-refractivity contribution in [2.45, 2.75) is 50.5 Å². The van der Waals surface area contributed by atoms with E-state index in [9.17, 15) is 35.9 Å². The number of ether oxygens (including phenoxy) is 2. The Balaban J connectivity index is 2.31. The fourth-order valence-corrected chi connectivity index (χ4v) is 3.43. The molecule has 1 atom stereocenters. The molecule has 1 unspecified atom stereocenters. The Hall–Kier alpha value is -2.70. The Morgan fingerprint density at radius 3 is 2.32 bits per heavy atom. The first-order valence-electron chi connectivity index (χ1n) is 10.6. The number of nitrogens with one attached hydrogen (secondary N) is 1.